The van der Waals surface area contributed by atoms with E-state index in [9.17, 15) is 9.59 Å². The molecule has 1 heterocycles. The number of nitrogens with zero attached hydrogens (tertiary/aromatic N) is 1. The van der Waals surface area contributed by atoms with E-state index < -0.39 is 5.69 Å². The molecule has 0 spiro atoms. The summed E-state index contributed by atoms with van der Waals surface area (Å²) in [7, 11) is 0. The predicted molar refractivity (Wildman–Crippen MR) is 84.1 cm³/mol. The van der Waals surface area contributed by atoms with Crippen molar-refractivity contribution < 1.29 is 4.84 Å². The molecular weight excluding hydrogens is 288 g/mol. The number of rotatable bonds is 6. The van der Waals surface area contributed by atoms with E-state index in [1.54, 1.807) is 0 Å². The Balaban J connectivity index is 2.20. The first kappa shape index (κ1) is 15.4. The van der Waals surface area contributed by atoms with Crippen LogP contribution in [0.4, 0.5) is 0 Å². The fraction of sp³-hybridized carbons (Fsp3) is 0.333. The maximum atomic E-state index is 11.9. The molecule has 0 saturated carbocycles. The third kappa shape index (κ3) is 3.58. The van der Waals surface area contributed by atoms with Crippen molar-refractivity contribution in [2.24, 2.45) is 0 Å². The molecule has 0 atom stereocenters. The normalized spacial score (nSPS) is 10.6. The van der Waals surface area contributed by atoms with Gasteiger partial charge in [0.05, 0.1) is 5.56 Å². The summed E-state index contributed by atoms with van der Waals surface area (Å²) in [4.78, 5) is 31.5. The van der Waals surface area contributed by atoms with E-state index in [2.05, 4.69) is 4.98 Å². The summed E-state index contributed by atoms with van der Waals surface area (Å²) in [5.41, 5.74) is 0.836. The zero-order valence-electron chi connectivity index (χ0n) is 12.1. The number of hydrogen-bond donors (Lipinski definition) is 1. The Kier molecular flexibility index (Phi) is 5.27. The fourth-order valence-corrected chi connectivity index (χ4v) is 2.85. The third-order valence-corrected chi connectivity index (χ3v) is 3.92. The highest BCUT2D eigenvalue weighted by atomic mass is 32.2. The van der Waals surface area contributed by atoms with Gasteiger partial charge in [0, 0.05) is 6.42 Å². The Morgan fingerprint density at radius 3 is 2.57 bits per heavy atom. The monoisotopic (exact) mass is 306 g/mol. The van der Waals surface area contributed by atoms with E-state index >= 15 is 0 Å². The lowest BCUT2D eigenvalue weighted by Crippen LogP contribution is -2.38. The van der Waals surface area contributed by atoms with Crippen LogP contribution in [0.25, 0.3) is 0 Å². The van der Waals surface area contributed by atoms with Gasteiger partial charge in [-0.2, -0.15) is 0 Å². The van der Waals surface area contributed by atoms with Gasteiger partial charge in [-0.3, -0.25) is 9.78 Å². The molecule has 0 bridgehead atoms. The number of benzene rings is 1. The Morgan fingerprint density at radius 1 is 1.24 bits per heavy atom. The summed E-state index contributed by atoms with van der Waals surface area (Å²) in [5, 5.41) is 0.569. The van der Waals surface area contributed by atoms with Gasteiger partial charge in [0.25, 0.3) is 5.56 Å². The minimum atomic E-state index is -0.533. The van der Waals surface area contributed by atoms with Crippen molar-refractivity contribution in [3.63, 3.8) is 0 Å². The largest absolute Gasteiger partial charge is 0.408 e. The molecule has 6 heteroatoms. The van der Waals surface area contributed by atoms with Crippen LogP contribution in [0.1, 0.15) is 18.1 Å². The minimum Gasteiger partial charge on any atom is -0.408 e. The smallest absolute Gasteiger partial charge is 0.362 e. The molecule has 0 saturated heterocycles. The number of H-pyrrole nitrogens is 1. The second-order valence-electron chi connectivity index (χ2n) is 4.46. The fourth-order valence-electron chi connectivity index (χ4n) is 2.07. The first-order chi connectivity index (χ1) is 10.2. The molecule has 0 aliphatic carbocycles. The molecule has 0 radical (unpaired) electrons. The highest BCUT2D eigenvalue weighted by Gasteiger charge is 2.13. The lowest BCUT2D eigenvalue weighted by molar-refractivity contribution is 0.0808. The van der Waals surface area contributed by atoms with Gasteiger partial charge >= 0.3 is 5.69 Å². The molecule has 1 aromatic heterocycles. The average molecular weight is 306 g/mol. The Morgan fingerprint density at radius 2 is 1.95 bits per heavy atom. The van der Waals surface area contributed by atoms with Gasteiger partial charge in [0.1, 0.15) is 11.6 Å². The third-order valence-electron chi connectivity index (χ3n) is 3.12. The summed E-state index contributed by atoms with van der Waals surface area (Å²) < 4.78 is 1.19. The molecule has 1 aromatic carbocycles. The van der Waals surface area contributed by atoms with Gasteiger partial charge in [-0.15, -0.1) is 16.5 Å². The van der Waals surface area contributed by atoms with Crippen LogP contribution in [0.2, 0.25) is 0 Å². The van der Waals surface area contributed by atoms with Crippen molar-refractivity contribution in [2.75, 3.05) is 12.9 Å². The van der Waals surface area contributed by atoms with Gasteiger partial charge in [0.15, 0.2) is 0 Å². The summed E-state index contributed by atoms with van der Waals surface area (Å²) in [6, 6.07) is 9.89. The maximum absolute atomic E-state index is 11.9. The van der Waals surface area contributed by atoms with Crippen LogP contribution >= 0.6 is 11.8 Å². The Hall–Kier alpha value is -1.95. The van der Waals surface area contributed by atoms with E-state index in [1.165, 1.54) is 16.5 Å². The number of aromatic amines is 1. The molecule has 0 aliphatic rings. The zero-order chi connectivity index (χ0) is 15.2. The first-order valence-corrected chi connectivity index (χ1v) is 7.99. The standard InChI is InChI=1S/C15H18N2O3S/c1-3-12-13(18)16-15(19)17(14(12)21-2)20-10-9-11-7-5-4-6-8-11/h4-8H,3,9-10H2,1-2H3,(H,16,18,19). The van der Waals surface area contributed by atoms with Crippen LogP contribution in [-0.4, -0.2) is 22.6 Å². The molecule has 2 aromatic rings. The lowest BCUT2D eigenvalue weighted by Gasteiger charge is -2.14. The minimum absolute atomic E-state index is 0.338. The van der Waals surface area contributed by atoms with Crippen LogP contribution < -0.4 is 16.1 Å². The molecule has 0 fully saturated rings. The Bertz CT molecular complexity index is 707. The summed E-state index contributed by atoms with van der Waals surface area (Å²) in [5.74, 6) is 0. The molecule has 0 unspecified atom stereocenters. The van der Waals surface area contributed by atoms with Gasteiger partial charge in [0.2, 0.25) is 0 Å². The molecule has 0 amide bonds. The van der Waals surface area contributed by atoms with Crippen LogP contribution in [-0.2, 0) is 12.8 Å². The molecule has 0 aliphatic heterocycles. The lowest BCUT2D eigenvalue weighted by atomic mass is 10.2. The van der Waals surface area contributed by atoms with Crippen molar-refractivity contribution in [1.29, 1.82) is 0 Å². The first-order valence-electron chi connectivity index (χ1n) is 6.76. The summed E-state index contributed by atoms with van der Waals surface area (Å²) in [6.45, 7) is 2.25. The number of nitrogens with one attached hydrogen (secondary N) is 1. The van der Waals surface area contributed by atoms with E-state index in [1.807, 2.05) is 43.5 Å². The number of hydrogen-bond acceptors (Lipinski definition) is 4. The van der Waals surface area contributed by atoms with Gasteiger partial charge in [-0.05, 0) is 18.2 Å². The van der Waals surface area contributed by atoms with E-state index in [4.69, 9.17) is 4.84 Å². The summed E-state index contributed by atoms with van der Waals surface area (Å²) in [6.07, 6.45) is 3.07. The highest BCUT2D eigenvalue weighted by Crippen LogP contribution is 2.15. The van der Waals surface area contributed by atoms with Crippen molar-refractivity contribution in [3.05, 3.63) is 62.3 Å². The molecule has 112 valence electrons. The number of thioether (sulfide) groups is 1. The molecule has 2 rings (SSSR count). The second-order valence-corrected chi connectivity index (χ2v) is 5.26. The average Bonchev–Trinajstić information content (AvgIpc) is 2.50. The quantitative estimate of drug-likeness (QED) is 0.649. The second kappa shape index (κ2) is 7.17. The van der Waals surface area contributed by atoms with Crippen LogP contribution in [0.5, 0.6) is 0 Å². The highest BCUT2D eigenvalue weighted by molar-refractivity contribution is 7.98. The van der Waals surface area contributed by atoms with E-state index in [-0.39, 0.29) is 5.56 Å². The van der Waals surface area contributed by atoms with Crippen molar-refractivity contribution in [1.82, 2.24) is 9.71 Å². The molecule has 21 heavy (non-hydrogen) atoms. The van der Waals surface area contributed by atoms with Crippen LogP contribution in [0.3, 0.4) is 0 Å². The van der Waals surface area contributed by atoms with Crippen molar-refractivity contribution in [3.8, 4) is 0 Å². The van der Waals surface area contributed by atoms with Crippen molar-refractivity contribution >= 4 is 11.8 Å². The topological polar surface area (TPSA) is 64.1 Å². The van der Waals surface area contributed by atoms with E-state index in [0.29, 0.717) is 30.0 Å². The Labute approximate surface area is 126 Å². The van der Waals surface area contributed by atoms with Gasteiger partial charge in [-0.25, -0.2) is 4.79 Å². The van der Waals surface area contributed by atoms with Crippen molar-refractivity contribution in [2.45, 2.75) is 24.8 Å². The van der Waals surface area contributed by atoms with Crippen LogP contribution in [0, 0.1) is 0 Å². The molecule has 5 nitrogen and oxygen atoms in total. The molecule has 1 N–H and O–H groups in total. The van der Waals surface area contributed by atoms with Crippen LogP contribution in [0.15, 0.2) is 44.9 Å². The SMILES string of the molecule is CCc1c(SC)n(OCCc2ccccc2)c(=O)[nH]c1=O. The number of aromatic nitrogens is 2. The van der Waals surface area contributed by atoms with Gasteiger partial charge < -0.3 is 4.84 Å². The van der Waals surface area contributed by atoms with E-state index in [0.717, 1.165) is 5.56 Å². The molecular formula is C15H18N2O3S. The van der Waals surface area contributed by atoms with Gasteiger partial charge in [-0.1, -0.05) is 37.3 Å². The summed E-state index contributed by atoms with van der Waals surface area (Å²) >= 11 is 1.34. The predicted octanol–water partition coefficient (Wildman–Crippen LogP) is 1.49. The zero-order valence-corrected chi connectivity index (χ0v) is 12.9. The maximum Gasteiger partial charge on any atom is 0.362 e.